The van der Waals surface area contributed by atoms with Gasteiger partial charge in [-0.1, -0.05) is 39.9 Å². The Kier molecular flexibility index (Phi) is 4.05. The number of carbonyl (C=O) groups excluding carboxylic acids is 2. The lowest BCUT2D eigenvalue weighted by Crippen LogP contribution is -2.67. The number of amides is 1. The zero-order valence-corrected chi connectivity index (χ0v) is 13.1. The van der Waals surface area contributed by atoms with Crippen LogP contribution >= 0.6 is 0 Å². The number of carbonyl (C=O) groups is 2. The molecule has 0 aromatic carbocycles. The van der Waals surface area contributed by atoms with Crippen LogP contribution in [-0.2, 0) is 14.3 Å². The van der Waals surface area contributed by atoms with Gasteiger partial charge in [0.2, 0.25) is 5.91 Å². The van der Waals surface area contributed by atoms with Crippen LogP contribution in [0.2, 0.25) is 18.1 Å². The fourth-order valence-electron chi connectivity index (χ4n) is 1.94. The van der Waals surface area contributed by atoms with Gasteiger partial charge in [0.1, 0.15) is 0 Å². The Morgan fingerprint density at radius 3 is 2.39 bits per heavy atom. The van der Waals surface area contributed by atoms with Crippen molar-refractivity contribution >= 4 is 20.1 Å². The first-order valence-electron chi connectivity index (χ1n) is 6.19. The van der Waals surface area contributed by atoms with Crippen LogP contribution in [0.5, 0.6) is 0 Å². The molecule has 0 unspecified atom stereocenters. The Hall–Kier alpha value is -1.10. The standard InChI is InChI=1S/C13H23NO3Si/c1-13(2,3)18(5,6)14-10(9-11(14)15)7-8-12(16)17-4/h7-8,10H,9H2,1-6H3/b8-7+/t10-/m1/s1. The van der Waals surface area contributed by atoms with Gasteiger partial charge in [0.05, 0.1) is 13.2 Å². The van der Waals surface area contributed by atoms with Crippen molar-refractivity contribution in [1.29, 1.82) is 0 Å². The van der Waals surface area contributed by atoms with E-state index in [1.54, 1.807) is 6.08 Å². The summed E-state index contributed by atoms with van der Waals surface area (Å²) in [5.41, 5.74) is 0. The molecule has 1 heterocycles. The summed E-state index contributed by atoms with van der Waals surface area (Å²) in [6.07, 6.45) is 3.70. The largest absolute Gasteiger partial charge is 0.466 e. The van der Waals surface area contributed by atoms with E-state index in [0.29, 0.717) is 6.42 Å². The zero-order chi connectivity index (χ0) is 14.1. The van der Waals surface area contributed by atoms with Crippen LogP contribution in [0.3, 0.4) is 0 Å². The van der Waals surface area contributed by atoms with Gasteiger partial charge in [0, 0.05) is 12.5 Å². The van der Waals surface area contributed by atoms with Gasteiger partial charge in [-0.3, -0.25) is 4.79 Å². The van der Waals surface area contributed by atoms with Crippen molar-refractivity contribution in [2.75, 3.05) is 7.11 Å². The third-order valence-corrected chi connectivity index (χ3v) is 9.53. The number of ether oxygens (including phenoxy) is 1. The number of hydrogen-bond donors (Lipinski definition) is 0. The van der Waals surface area contributed by atoms with Crippen LogP contribution in [0.25, 0.3) is 0 Å². The molecule has 1 atom stereocenters. The van der Waals surface area contributed by atoms with Crippen LogP contribution in [0, 0.1) is 0 Å². The maximum atomic E-state index is 11.9. The summed E-state index contributed by atoms with van der Waals surface area (Å²) >= 11 is 0. The van der Waals surface area contributed by atoms with Gasteiger partial charge in [-0.15, -0.1) is 0 Å². The van der Waals surface area contributed by atoms with E-state index < -0.39 is 8.24 Å². The average Bonchev–Trinajstić information content (AvgIpc) is 2.20. The molecule has 5 heteroatoms. The molecule has 4 nitrogen and oxygen atoms in total. The summed E-state index contributed by atoms with van der Waals surface area (Å²) in [5.74, 6) is -0.175. The van der Waals surface area contributed by atoms with E-state index in [4.69, 9.17) is 0 Å². The van der Waals surface area contributed by atoms with E-state index in [-0.39, 0.29) is 23.0 Å². The second-order valence-electron chi connectivity index (χ2n) is 6.23. The highest BCUT2D eigenvalue weighted by molar-refractivity contribution is 6.80. The Balaban J connectivity index is 2.85. The van der Waals surface area contributed by atoms with Gasteiger partial charge in [0.15, 0.2) is 8.24 Å². The quantitative estimate of drug-likeness (QED) is 0.342. The summed E-state index contributed by atoms with van der Waals surface area (Å²) in [6, 6.07) is 0.0532. The van der Waals surface area contributed by atoms with Crippen LogP contribution < -0.4 is 0 Å². The summed E-state index contributed by atoms with van der Waals surface area (Å²) < 4.78 is 6.56. The molecule has 1 fully saturated rings. The molecule has 0 saturated carbocycles. The van der Waals surface area contributed by atoms with E-state index in [9.17, 15) is 9.59 Å². The Morgan fingerprint density at radius 1 is 1.44 bits per heavy atom. The third-order valence-electron chi connectivity index (χ3n) is 4.08. The van der Waals surface area contributed by atoms with E-state index in [1.165, 1.54) is 13.2 Å². The molecule has 0 N–H and O–H groups in total. The number of hydrogen-bond acceptors (Lipinski definition) is 3. The van der Waals surface area contributed by atoms with Gasteiger partial charge in [0.25, 0.3) is 0 Å². The predicted molar refractivity (Wildman–Crippen MR) is 73.6 cm³/mol. The number of β-lactam (4-membered cyclic amide) rings is 1. The minimum absolute atomic E-state index is 0.0532. The van der Waals surface area contributed by atoms with Gasteiger partial charge in [-0.25, -0.2) is 4.79 Å². The molecular formula is C13H23NO3Si. The lowest BCUT2D eigenvalue weighted by atomic mass is 10.1. The molecule has 1 aliphatic rings. The second-order valence-corrected chi connectivity index (χ2v) is 11.3. The van der Waals surface area contributed by atoms with Gasteiger partial charge in [-0.2, -0.15) is 0 Å². The zero-order valence-electron chi connectivity index (χ0n) is 12.1. The summed E-state index contributed by atoms with van der Waals surface area (Å²) in [7, 11) is -0.498. The fourth-order valence-corrected chi connectivity index (χ4v) is 4.38. The summed E-state index contributed by atoms with van der Waals surface area (Å²) in [5, 5.41) is 0.112. The Labute approximate surface area is 110 Å². The van der Waals surface area contributed by atoms with Crippen molar-refractivity contribution in [2.24, 2.45) is 0 Å². The van der Waals surface area contributed by atoms with Crippen LogP contribution in [0.15, 0.2) is 12.2 Å². The van der Waals surface area contributed by atoms with Crippen molar-refractivity contribution in [3.05, 3.63) is 12.2 Å². The molecule has 18 heavy (non-hydrogen) atoms. The minimum Gasteiger partial charge on any atom is -0.466 e. The number of rotatable bonds is 3. The van der Waals surface area contributed by atoms with Crippen LogP contribution in [-0.4, -0.2) is 37.8 Å². The van der Waals surface area contributed by atoms with Gasteiger partial charge in [-0.05, 0) is 5.04 Å². The van der Waals surface area contributed by atoms with Crippen molar-refractivity contribution in [1.82, 2.24) is 4.57 Å². The molecule has 1 aliphatic heterocycles. The lowest BCUT2D eigenvalue weighted by Gasteiger charge is -2.54. The first-order valence-corrected chi connectivity index (χ1v) is 9.14. The molecule has 0 spiro atoms. The highest BCUT2D eigenvalue weighted by Gasteiger charge is 2.50. The summed E-state index contributed by atoms with van der Waals surface area (Å²) in [6.45, 7) is 10.9. The fraction of sp³-hybridized carbons (Fsp3) is 0.692. The Bertz CT molecular complexity index is 382. The first-order chi connectivity index (χ1) is 8.11. The molecular weight excluding hydrogens is 246 g/mol. The van der Waals surface area contributed by atoms with Crippen LogP contribution in [0.1, 0.15) is 27.2 Å². The van der Waals surface area contributed by atoms with E-state index in [2.05, 4.69) is 38.6 Å². The molecule has 0 bridgehead atoms. The second kappa shape index (κ2) is 4.88. The number of methoxy groups -OCH3 is 1. The van der Waals surface area contributed by atoms with Crippen molar-refractivity contribution in [3.63, 3.8) is 0 Å². The van der Waals surface area contributed by atoms with Gasteiger partial charge >= 0.3 is 5.97 Å². The first kappa shape index (κ1) is 15.0. The maximum Gasteiger partial charge on any atom is 0.330 e. The Morgan fingerprint density at radius 2 is 2.00 bits per heavy atom. The smallest absolute Gasteiger partial charge is 0.330 e. The molecule has 0 aliphatic carbocycles. The SMILES string of the molecule is COC(=O)/C=C/[C@@H]1CC(=O)N1[Si](C)(C)C(C)(C)C. The predicted octanol–water partition coefficient (Wildman–Crippen LogP) is 2.32. The van der Waals surface area contributed by atoms with Crippen molar-refractivity contribution in [3.8, 4) is 0 Å². The topological polar surface area (TPSA) is 46.6 Å². The van der Waals surface area contributed by atoms with E-state index in [0.717, 1.165) is 0 Å². The van der Waals surface area contributed by atoms with E-state index >= 15 is 0 Å². The summed E-state index contributed by atoms with van der Waals surface area (Å²) in [4.78, 5) is 22.9. The molecule has 0 aromatic rings. The van der Waals surface area contributed by atoms with Crippen molar-refractivity contribution < 1.29 is 14.3 Å². The molecule has 1 saturated heterocycles. The maximum absolute atomic E-state index is 11.9. The third kappa shape index (κ3) is 2.66. The number of nitrogens with zero attached hydrogens (tertiary/aromatic N) is 1. The molecule has 0 aromatic heterocycles. The monoisotopic (exact) mass is 269 g/mol. The molecule has 1 rings (SSSR count). The van der Waals surface area contributed by atoms with Crippen molar-refractivity contribution in [2.45, 2.75) is 51.4 Å². The molecule has 102 valence electrons. The highest BCUT2D eigenvalue weighted by Crippen LogP contribution is 2.43. The average molecular weight is 269 g/mol. The minimum atomic E-state index is -1.85. The van der Waals surface area contributed by atoms with Crippen LogP contribution in [0.4, 0.5) is 0 Å². The lowest BCUT2D eigenvalue weighted by molar-refractivity contribution is -0.138. The molecule has 0 radical (unpaired) electrons. The van der Waals surface area contributed by atoms with Gasteiger partial charge < -0.3 is 9.30 Å². The number of esters is 1. The molecule has 1 amide bonds. The highest BCUT2D eigenvalue weighted by atomic mass is 28.3. The van der Waals surface area contributed by atoms with E-state index in [1.807, 2.05) is 4.57 Å². The normalized spacial score (nSPS) is 21.1.